The third-order valence-corrected chi connectivity index (χ3v) is 5.42. The lowest BCUT2D eigenvalue weighted by molar-refractivity contribution is -0.143. The monoisotopic (exact) mass is 296 g/mol. The van der Waals surface area contributed by atoms with Gasteiger partial charge in [-0.1, -0.05) is 25.7 Å². The molecule has 0 heterocycles. The third-order valence-electron chi connectivity index (χ3n) is 5.42. The van der Waals surface area contributed by atoms with Crippen molar-refractivity contribution in [2.45, 2.75) is 57.8 Å². The van der Waals surface area contributed by atoms with Gasteiger partial charge in [0.05, 0.1) is 5.92 Å². The summed E-state index contributed by atoms with van der Waals surface area (Å²) in [5, 5.41) is 12.1. The first kappa shape index (κ1) is 16.3. The van der Waals surface area contributed by atoms with Gasteiger partial charge < -0.3 is 16.2 Å². The summed E-state index contributed by atoms with van der Waals surface area (Å²) in [5.74, 6) is -0.883. The van der Waals surface area contributed by atoms with Crippen molar-refractivity contribution in [3.05, 3.63) is 0 Å². The molecule has 0 aromatic rings. The van der Waals surface area contributed by atoms with Crippen molar-refractivity contribution in [2.24, 2.45) is 23.0 Å². The Morgan fingerprint density at radius 2 is 1.86 bits per heavy atom. The molecule has 2 fully saturated rings. The molecule has 5 nitrogen and oxygen atoms in total. The summed E-state index contributed by atoms with van der Waals surface area (Å²) in [5.41, 5.74) is 5.89. The molecule has 0 saturated heterocycles. The maximum atomic E-state index is 12.2. The summed E-state index contributed by atoms with van der Waals surface area (Å²) >= 11 is 0. The SMILES string of the molecule is NCC1(CC(=O)NCC2CCCC2C(=O)O)CCCCC1. The number of carbonyl (C=O) groups excluding carboxylic acids is 1. The summed E-state index contributed by atoms with van der Waals surface area (Å²) in [4.78, 5) is 23.3. The van der Waals surface area contributed by atoms with Crippen molar-refractivity contribution >= 4 is 11.9 Å². The van der Waals surface area contributed by atoms with Crippen molar-refractivity contribution in [3.8, 4) is 0 Å². The number of nitrogens with one attached hydrogen (secondary N) is 1. The topological polar surface area (TPSA) is 92.4 Å². The normalized spacial score (nSPS) is 28.2. The van der Waals surface area contributed by atoms with Crippen molar-refractivity contribution < 1.29 is 14.7 Å². The molecule has 2 aliphatic rings. The Labute approximate surface area is 126 Å². The summed E-state index contributed by atoms with van der Waals surface area (Å²) in [6.07, 6.45) is 8.73. The molecule has 1 amide bonds. The molecule has 4 N–H and O–H groups in total. The molecular weight excluding hydrogens is 268 g/mol. The predicted octanol–water partition coefficient (Wildman–Crippen LogP) is 1.90. The maximum absolute atomic E-state index is 12.2. The van der Waals surface area contributed by atoms with Crippen LogP contribution in [0.4, 0.5) is 0 Å². The molecule has 0 aliphatic heterocycles. The lowest BCUT2D eigenvalue weighted by Gasteiger charge is -2.35. The Balaban J connectivity index is 1.80. The molecule has 0 aromatic heterocycles. The number of hydrogen-bond donors (Lipinski definition) is 3. The Bertz CT molecular complexity index is 378. The minimum Gasteiger partial charge on any atom is -0.481 e. The second kappa shape index (κ2) is 7.25. The lowest BCUT2D eigenvalue weighted by Crippen LogP contribution is -2.40. The lowest BCUT2D eigenvalue weighted by atomic mass is 9.71. The van der Waals surface area contributed by atoms with Gasteiger partial charge in [-0.2, -0.15) is 0 Å². The molecule has 0 bridgehead atoms. The number of rotatable bonds is 6. The first-order chi connectivity index (χ1) is 10.1. The van der Waals surface area contributed by atoms with Gasteiger partial charge in [0.25, 0.3) is 0 Å². The minimum absolute atomic E-state index is 0.0236. The van der Waals surface area contributed by atoms with Gasteiger partial charge in [0.1, 0.15) is 0 Å². The van der Waals surface area contributed by atoms with E-state index >= 15 is 0 Å². The standard InChI is InChI=1S/C16H28N2O3/c17-11-16(7-2-1-3-8-16)9-14(19)18-10-12-5-4-6-13(12)15(20)21/h12-13H,1-11,17H2,(H,18,19)(H,20,21). The quantitative estimate of drug-likeness (QED) is 0.698. The van der Waals surface area contributed by atoms with Gasteiger partial charge in [-0.3, -0.25) is 9.59 Å². The zero-order valence-electron chi connectivity index (χ0n) is 12.8. The fourth-order valence-electron chi connectivity index (χ4n) is 4.01. The largest absolute Gasteiger partial charge is 0.481 e. The van der Waals surface area contributed by atoms with E-state index in [4.69, 9.17) is 10.8 Å². The van der Waals surface area contributed by atoms with Crippen LogP contribution in [0.25, 0.3) is 0 Å². The van der Waals surface area contributed by atoms with Crippen molar-refractivity contribution in [1.82, 2.24) is 5.32 Å². The van der Waals surface area contributed by atoms with E-state index in [-0.39, 0.29) is 23.2 Å². The zero-order chi connectivity index (χ0) is 15.3. The van der Waals surface area contributed by atoms with Gasteiger partial charge in [0.15, 0.2) is 0 Å². The van der Waals surface area contributed by atoms with Crippen LogP contribution >= 0.6 is 0 Å². The summed E-state index contributed by atoms with van der Waals surface area (Å²) in [7, 11) is 0. The highest BCUT2D eigenvalue weighted by atomic mass is 16.4. The summed E-state index contributed by atoms with van der Waals surface area (Å²) in [6.45, 7) is 1.07. The Morgan fingerprint density at radius 3 is 2.48 bits per heavy atom. The molecule has 0 aromatic carbocycles. The fraction of sp³-hybridized carbons (Fsp3) is 0.875. The second-order valence-corrected chi connectivity index (χ2v) is 6.88. The van der Waals surface area contributed by atoms with E-state index in [1.807, 2.05) is 0 Å². The number of carbonyl (C=O) groups is 2. The van der Waals surface area contributed by atoms with Crippen molar-refractivity contribution in [3.63, 3.8) is 0 Å². The molecule has 0 radical (unpaired) electrons. The molecule has 2 unspecified atom stereocenters. The molecule has 2 saturated carbocycles. The highest BCUT2D eigenvalue weighted by Gasteiger charge is 2.35. The van der Waals surface area contributed by atoms with E-state index in [0.717, 1.165) is 44.9 Å². The van der Waals surface area contributed by atoms with Crippen molar-refractivity contribution in [2.75, 3.05) is 13.1 Å². The molecule has 2 atom stereocenters. The Hall–Kier alpha value is -1.10. The van der Waals surface area contributed by atoms with Crippen molar-refractivity contribution in [1.29, 1.82) is 0 Å². The highest BCUT2D eigenvalue weighted by molar-refractivity contribution is 5.77. The molecule has 21 heavy (non-hydrogen) atoms. The van der Waals surface area contributed by atoms with E-state index < -0.39 is 5.97 Å². The van der Waals surface area contributed by atoms with Crippen LogP contribution in [0.5, 0.6) is 0 Å². The predicted molar refractivity (Wildman–Crippen MR) is 80.7 cm³/mol. The van der Waals surface area contributed by atoms with Crippen LogP contribution < -0.4 is 11.1 Å². The van der Waals surface area contributed by atoms with Crippen LogP contribution in [-0.4, -0.2) is 30.1 Å². The Morgan fingerprint density at radius 1 is 1.14 bits per heavy atom. The average Bonchev–Trinajstić information content (AvgIpc) is 2.95. The van der Waals surface area contributed by atoms with E-state index in [9.17, 15) is 9.59 Å². The van der Waals surface area contributed by atoms with Gasteiger partial charge in [0, 0.05) is 13.0 Å². The van der Waals surface area contributed by atoms with Crippen LogP contribution in [0, 0.1) is 17.3 Å². The van der Waals surface area contributed by atoms with Gasteiger partial charge in [-0.25, -0.2) is 0 Å². The second-order valence-electron chi connectivity index (χ2n) is 6.88. The molecule has 0 spiro atoms. The summed E-state index contributed by atoms with van der Waals surface area (Å²) in [6, 6.07) is 0. The molecule has 2 rings (SSSR count). The van der Waals surface area contributed by atoms with E-state index in [2.05, 4.69) is 5.32 Å². The molecule has 5 heteroatoms. The van der Waals surface area contributed by atoms with Crippen LogP contribution in [0.15, 0.2) is 0 Å². The van der Waals surface area contributed by atoms with Gasteiger partial charge in [-0.05, 0) is 43.6 Å². The molecular formula is C16H28N2O3. The first-order valence-corrected chi connectivity index (χ1v) is 8.26. The maximum Gasteiger partial charge on any atom is 0.306 e. The zero-order valence-corrected chi connectivity index (χ0v) is 12.8. The first-order valence-electron chi connectivity index (χ1n) is 8.26. The van der Waals surface area contributed by atoms with E-state index in [0.29, 0.717) is 19.5 Å². The third kappa shape index (κ3) is 4.19. The Kier molecular flexibility index (Phi) is 5.62. The summed E-state index contributed by atoms with van der Waals surface area (Å²) < 4.78 is 0. The molecule has 2 aliphatic carbocycles. The minimum atomic E-state index is -0.725. The number of hydrogen-bond acceptors (Lipinski definition) is 3. The smallest absolute Gasteiger partial charge is 0.306 e. The fourth-order valence-corrected chi connectivity index (χ4v) is 4.01. The van der Waals surface area contributed by atoms with Gasteiger partial charge in [-0.15, -0.1) is 0 Å². The van der Waals surface area contributed by atoms with Gasteiger partial charge in [0.2, 0.25) is 5.91 Å². The van der Waals surface area contributed by atoms with Crippen LogP contribution in [0.3, 0.4) is 0 Å². The average molecular weight is 296 g/mol. The molecule has 120 valence electrons. The number of nitrogens with two attached hydrogens (primary N) is 1. The van der Waals surface area contributed by atoms with Crippen LogP contribution in [-0.2, 0) is 9.59 Å². The highest BCUT2D eigenvalue weighted by Crippen LogP contribution is 2.38. The number of carboxylic acids is 1. The number of amides is 1. The van der Waals surface area contributed by atoms with E-state index in [1.54, 1.807) is 0 Å². The van der Waals surface area contributed by atoms with Crippen LogP contribution in [0.2, 0.25) is 0 Å². The van der Waals surface area contributed by atoms with E-state index in [1.165, 1.54) is 6.42 Å². The van der Waals surface area contributed by atoms with Crippen LogP contribution in [0.1, 0.15) is 57.8 Å². The number of aliphatic carboxylic acids is 1. The number of carboxylic acid groups (broad SMARTS) is 1. The van der Waals surface area contributed by atoms with Gasteiger partial charge >= 0.3 is 5.97 Å².